The molecule has 1 fully saturated rings. The molecule has 130 valence electrons. The van der Waals surface area contributed by atoms with Crippen molar-refractivity contribution in [3.63, 3.8) is 0 Å². The van der Waals surface area contributed by atoms with Crippen LogP contribution < -0.4 is 0 Å². The molecule has 4 nitrogen and oxygen atoms in total. The fourth-order valence-corrected chi connectivity index (χ4v) is 3.59. The number of hydrogen-bond acceptors (Lipinski definition) is 3. The third kappa shape index (κ3) is 3.57. The number of nitrogens with zero attached hydrogens (tertiary/aromatic N) is 2. The summed E-state index contributed by atoms with van der Waals surface area (Å²) in [6.07, 6.45) is 3.82. The van der Waals surface area contributed by atoms with E-state index in [1.807, 2.05) is 18.3 Å². The Morgan fingerprint density at radius 3 is 2.92 bits per heavy atom. The lowest BCUT2D eigenvalue weighted by molar-refractivity contribution is -0.0249. The van der Waals surface area contributed by atoms with E-state index in [0.29, 0.717) is 6.04 Å². The molecule has 4 rings (SSSR count). The monoisotopic (exact) mass is 339 g/mol. The first-order valence-electron chi connectivity index (χ1n) is 8.68. The summed E-state index contributed by atoms with van der Waals surface area (Å²) in [7, 11) is 2.16. The molecule has 2 aromatic carbocycles. The van der Waals surface area contributed by atoms with Gasteiger partial charge in [-0.3, -0.25) is 10.00 Å². The van der Waals surface area contributed by atoms with Gasteiger partial charge in [-0.15, -0.1) is 0 Å². The number of halogens is 1. The Morgan fingerprint density at radius 2 is 2.08 bits per heavy atom. The fraction of sp³-hybridized carbons (Fsp3) is 0.350. The minimum absolute atomic E-state index is 0.0388. The van der Waals surface area contributed by atoms with Crippen LogP contribution in [0.4, 0.5) is 4.39 Å². The Labute approximate surface area is 146 Å². The molecule has 0 aliphatic carbocycles. The molecule has 1 saturated heterocycles. The maximum absolute atomic E-state index is 13.1. The summed E-state index contributed by atoms with van der Waals surface area (Å²) >= 11 is 0. The smallest absolute Gasteiger partial charge is 0.123 e. The van der Waals surface area contributed by atoms with Crippen molar-refractivity contribution >= 4 is 10.9 Å². The second-order valence-electron chi connectivity index (χ2n) is 6.80. The van der Waals surface area contributed by atoms with Crippen LogP contribution in [0.3, 0.4) is 0 Å². The van der Waals surface area contributed by atoms with E-state index >= 15 is 0 Å². The molecule has 2 heterocycles. The molecule has 0 saturated carbocycles. The summed E-state index contributed by atoms with van der Waals surface area (Å²) in [5, 5.41) is 8.24. The molecular weight excluding hydrogens is 317 g/mol. The molecule has 0 spiro atoms. The van der Waals surface area contributed by atoms with Crippen molar-refractivity contribution in [3.05, 3.63) is 65.6 Å². The maximum Gasteiger partial charge on any atom is 0.123 e. The van der Waals surface area contributed by atoms with Gasteiger partial charge < -0.3 is 4.74 Å². The van der Waals surface area contributed by atoms with Crippen molar-refractivity contribution in [1.82, 2.24) is 15.1 Å². The summed E-state index contributed by atoms with van der Waals surface area (Å²) in [6, 6.07) is 13.5. The van der Waals surface area contributed by atoms with E-state index in [1.54, 1.807) is 0 Å². The minimum Gasteiger partial charge on any atom is -0.373 e. The van der Waals surface area contributed by atoms with Gasteiger partial charge in [-0.25, -0.2) is 4.39 Å². The lowest BCUT2D eigenvalue weighted by Crippen LogP contribution is -2.37. The highest BCUT2D eigenvalue weighted by Crippen LogP contribution is 2.31. The van der Waals surface area contributed by atoms with Crippen molar-refractivity contribution in [2.45, 2.75) is 31.5 Å². The van der Waals surface area contributed by atoms with Crippen LogP contribution in [0.15, 0.2) is 48.7 Å². The number of ether oxygens (including phenoxy) is 1. The van der Waals surface area contributed by atoms with Gasteiger partial charge in [0.15, 0.2) is 0 Å². The number of aromatic nitrogens is 2. The minimum atomic E-state index is -0.206. The molecule has 1 aliphatic rings. The Balaban J connectivity index is 1.44. The zero-order valence-electron chi connectivity index (χ0n) is 14.3. The molecule has 2 atom stereocenters. The standard InChI is InChI=1S/C20H22FN3O/c1-24(13-14-2-3-16-12-22-23-19(16)10-14)18-8-9-25-20(11-18)15-4-6-17(21)7-5-15/h2-7,10,12,18,20H,8-9,11,13H2,1H3,(H,22,23). The molecule has 3 aromatic rings. The molecule has 1 N–H and O–H groups in total. The van der Waals surface area contributed by atoms with Crippen molar-refractivity contribution in [1.29, 1.82) is 0 Å². The topological polar surface area (TPSA) is 41.2 Å². The number of fused-ring (bicyclic) bond motifs is 1. The number of aromatic amines is 1. The van der Waals surface area contributed by atoms with Crippen LogP contribution in [-0.2, 0) is 11.3 Å². The van der Waals surface area contributed by atoms with Gasteiger partial charge in [0.05, 0.1) is 17.8 Å². The van der Waals surface area contributed by atoms with Crippen LogP contribution >= 0.6 is 0 Å². The number of H-pyrrole nitrogens is 1. The summed E-state index contributed by atoms with van der Waals surface area (Å²) in [6.45, 7) is 1.62. The van der Waals surface area contributed by atoms with E-state index in [9.17, 15) is 4.39 Å². The highest BCUT2D eigenvalue weighted by atomic mass is 19.1. The zero-order chi connectivity index (χ0) is 17.2. The molecule has 1 aromatic heterocycles. The maximum atomic E-state index is 13.1. The quantitative estimate of drug-likeness (QED) is 0.779. The zero-order valence-corrected chi connectivity index (χ0v) is 14.3. The van der Waals surface area contributed by atoms with E-state index < -0.39 is 0 Å². The number of rotatable bonds is 4. The van der Waals surface area contributed by atoms with E-state index in [1.165, 1.54) is 17.7 Å². The first kappa shape index (κ1) is 16.2. The van der Waals surface area contributed by atoms with Gasteiger partial charge >= 0.3 is 0 Å². The normalized spacial score (nSPS) is 21.1. The van der Waals surface area contributed by atoms with Gasteiger partial charge in [-0.05, 0) is 49.2 Å². The lowest BCUT2D eigenvalue weighted by Gasteiger charge is -2.35. The third-order valence-corrected chi connectivity index (χ3v) is 5.06. The van der Waals surface area contributed by atoms with Crippen LogP contribution in [0, 0.1) is 5.82 Å². The SMILES string of the molecule is CN(Cc1ccc2cn[nH]c2c1)C1CCOC(c2ccc(F)cc2)C1. The van der Waals surface area contributed by atoms with Gasteiger partial charge in [-0.2, -0.15) is 5.10 Å². The molecule has 0 amide bonds. The molecule has 1 aliphatic heterocycles. The predicted molar refractivity (Wildman–Crippen MR) is 95.7 cm³/mol. The largest absolute Gasteiger partial charge is 0.373 e. The van der Waals surface area contributed by atoms with Crippen LogP contribution in [0.5, 0.6) is 0 Å². The van der Waals surface area contributed by atoms with Crippen molar-refractivity contribution in [2.75, 3.05) is 13.7 Å². The Bertz CT molecular complexity index is 846. The van der Waals surface area contributed by atoms with Crippen molar-refractivity contribution in [3.8, 4) is 0 Å². The Morgan fingerprint density at radius 1 is 1.24 bits per heavy atom. The predicted octanol–water partition coefficient (Wildman–Crippen LogP) is 4.05. The summed E-state index contributed by atoms with van der Waals surface area (Å²) in [5.41, 5.74) is 3.39. The molecule has 2 unspecified atom stereocenters. The number of hydrogen-bond donors (Lipinski definition) is 1. The second-order valence-corrected chi connectivity index (χ2v) is 6.80. The summed E-state index contributed by atoms with van der Waals surface area (Å²) in [4.78, 5) is 2.39. The van der Waals surface area contributed by atoms with Crippen molar-refractivity contribution < 1.29 is 9.13 Å². The van der Waals surface area contributed by atoms with Crippen LogP contribution in [0.1, 0.15) is 30.1 Å². The van der Waals surface area contributed by atoms with Crippen LogP contribution in [0.2, 0.25) is 0 Å². The van der Waals surface area contributed by atoms with Gasteiger partial charge in [-0.1, -0.05) is 24.3 Å². The Hall–Kier alpha value is -2.24. The average Bonchev–Trinajstić information content (AvgIpc) is 3.10. The van der Waals surface area contributed by atoms with E-state index in [4.69, 9.17) is 4.74 Å². The summed E-state index contributed by atoms with van der Waals surface area (Å²) < 4.78 is 19.1. The summed E-state index contributed by atoms with van der Waals surface area (Å²) in [5.74, 6) is -0.206. The van der Waals surface area contributed by atoms with E-state index in [-0.39, 0.29) is 11.9 Å². The highest BCUT2D eigenvalue weighted by Gasteiger charge is 2.26. The lowest BCUT2D eigenvalue weighted by atomic mass is 9.96. The fourth-order valence-electron chi connectivity index (χ4n) is 3.59. The van der Waals surface area contributed by atoms with Gasteiger partial charge in [0.2, 0.25) is 0 Å². The van der Waals surface area contributed by atoms with Crippen molar-refractivity contribution in [2.24, 2.45) is 0 Å². The van der Waals surface area contributed by atoms with Gasteiger partial charge in [0.25, 0.3) is 0 Å². The average molecular weight is 339 g/mol. The number of nitrogens with one attached hydrogen (secondary N) is 1. The number of benzene rings is 2. The van der Waals surface area contributed by atoms with E-state index in [2.05, 4.69) is 40.3 Å². The molecule has 25 heavy (non-hydrogen) atoms. The second kappa shape index (κ2) is 6.94. The molecule has 0 radical (unpaired) electrons. The van der Waals surface area contributed by atoms with Gasteiger partial charge in [0, 0.05) is 24.6 Å². The molecular formula is C20H22FN3O. The first-order chi connectivity index (χ1) is 12.2. The molecule has 0 bridgehead atoms. The van der Waals surface area contributed by atoms with Crippen LogP contribution in [0.25, 0.3) is 10.9 Å². The van der Waals surface area contributed by atoms with Crippen LogP contribution in [-0.4, -0.2) is 34.8 Å². The van der Waals surface area contributed by atoms with E-state index in [0.717, 1.165) is 42.5 Å². The van der Waals surface area contributed by atoms with Gasteiger partial charge in [0.1, 0.15) is 5.82 Å². The first-order valence-corrected chi connectivity index (χ1v) is 8.68. The highest BCUT2D eigenvalue weighted by molar-refractivity contribution is 5.78. The third-order valence-electron chi connectivity index (χ3n) is 5.06. The molecule has 5 heteroatoms. The Kier molecular flexibility index (Phi) is 4.51.